The predicted octanol–water partition coefficient (Wildman–Crippen LogP) is 1.14. The summed E-state index contributed by atoms with van der Waals surface area (Å²) in [6, 6.07) is 6.28. The van der Waals surface area contributed by atoms with E-state index in [-0.39, 0.29) is 11.6 Å². The highest BCUT2D eigenvalue weighted by molar-refractivity contribution is 6.03. The minimum absolute atomic E-state index is 0.235. The maximum absolute atomic E-state index is 11.9. The van der Waals surface area contributed by atoms with Gasteiger partial charge >= 0.3 is 0 Å². The number of hydrogen-bond acceptors (Lipinski definition) is 4. The molecule has 2 amide bonds. The molecule has 0 aliphatic heterocycles. The third kappa shape index (κ3) is 3.12. The molecule has 0 saturated carbocycles. The van der Waals surface area contributed by atoms with Gasteiger partial charge in [-0.3, -0.25) is 14.6 Å². The SMILES string of the molecule is Cc1cncc(C(=O)Nc2ccc(C(N)=O)cc2)n1. The smallest absolute Gasteiger partial charge is 0.275 e. The number of nitrogens with zero attached hydrogens (tertiary/aromatic N) is 2. The number of anilines is 1. The lowest BCUT2D eigenvalue weighted by atomic mass is 10.2. The monoisotopic (exact) mass is 256 g/mol. The van der Waals surface area contributed by atoms with Crippen molar-refractivity contribution in [1.29, 1.82) is 0 Å². The average molecular weight is 256 g/mol. The number of nitrogens with one attached hydrogen (secondary N) is 1. The van der Waals surface area contributed by atoms with E-state index in [9.17, 15) is 9.59 Å². The molecule has 0 radical (unpaired) electrons. The molecule has 3 N–H and O–H groups in total. The molecule has 96 valence electrons. The summed E-state index contributed by atoms with van der Waals surface area (Å²) in [6.07, 6.45) is 2.96. The van der Waals surface area contributed by atoms with Crippen molar-refractivity contribution in [1.82, 2.24) is 9.97 Å². The third-order valence-electron chi connectivity index (χ3n) is 2.41. The lowest BCUT2D eigenvalue weighted by molar-refractivity contribution is 0.0997. The Morgan fingerprint density at radius 1 is 1.16 bits per heavy atom. The second kappa shape index (κ2) is 5.26. The minimum Gasteiger partial charge on any atom is -0.366 e. The van der Waals surface area contributed by atoms with Gasteiger partial charge in [0.15, 0.2) is 0 Å². The van der Waals surface area contributed by atoms with Crippen molar-refractivity contribution in [3.05, 3.63) is 53.6 Å². The first kappa shape index (κ1) is 12.7. The first-order valence-electron chi connectivity index (χ1n) is 5.56. The van der Waals surface area contributed by atoms with E-state index in [1.165, 1.54) is 6.20 Å². The molecule has 1 heterocycles. The zero-order valence-electron chi connectivity index (χ0n) is 10.3. The first-order valence-corrected chi connectivity index (χ1v) is 5.56. The number of aromatic nitrogens is 2. The van der Waals surface area contributed by atoms with Crippen molar-refractivity contribution >= 4 is 17.5 Å². The molecule has 0 fully saturated rings. The molecular weight excluding hydrogens is 244 g/mol. The Bertz CT molecular complexity index is 623. The van der Waals surface area contributed by atoms with Gasteiger partial charge in [0.1, 0.15) is 5.69 Å². The predicted molar refractivity (Wildman–Crippen MR) is 69.7 cm³/mol. The molecule has 2 aromatic rings. The highest BCUT2D eigenvalue weighted by atomic mass is 16.2. The van der Waals surface area contributed by atoms with Crippen LogP contribution in [0.2, 0.25) is 0 Å². The summed E-state index contributed by atoms with van der Waals surface area (Å²) in [7, 11) is 0. The summed E-state index contributed by atoms with van der Waals surface area (Å²) in [5.74, 6) is -0.870. The van der Waals surface area contributed by atoms with E-state index in [4.69, 9.17) is 5.73 Å². The molecule has 0 atom stereocenters. The zero-order chi connectivity index (χ0) is 13.8. The van der Waals surface area contributed by atoms with Crippen molar-refractivity contribution in [2.45, 2.75) is 6.92 Å². The summed E-state index contributed by atoms with van der Waals surface area (Å²) in [4.78, 5) is 30.8. The van der Waals surface area contributed by atoms with Gasteiger partial charge in [-0.1, -0.05) is 0 Å². The number of amides is 2. The number of benzene rings is 1. The second-order valence-corrected chi connectivity index (χ2v) is 3.94. The number of hydrogen-bond donors (Lipinski definition) is 2. The number of aryl methyl sites for hydroxylation is 1. The van der Waals surface area contributed by atoms with Crippen molar-refractivity contribution in [2.75, 3.05) is 5.32 Å². The lowest BCUT2D eigenvalue weighted by Crippen LogP contribution is -2.15. The number of primary amides is 1. The fourth-order valence-electron chi connectivity index (χ4n) is 1.49. The molecule has 1 aromatic carbocycles. The van der Waals surface area contributed by atoms with Crippen LogP contribution < -0.4 is 11.1 Å². The molecule has 0 bridgehead atoms. The topological polar surface area (TPSA) is 98.0 Å². The normalized spacial score (nSPS) is 9.95. The van der Waals surface area contributed by atoms with E-state index in [1.807, 2.05) is 0 Å². The van der Waals surface area contributed by atoms with Gasteiger partial charge in [-0.25, -0.2) is 4.98 Å². The van der Waals surface area contributed by atoms with E-state index in [0.29, 0.717) is 16.9 Å². The summed E-state index contributed by atoms with van der Waals surface area (Å²) >= 11 is 0. The number of rotatable bonds is 3. The van der Waals surface area contributed by atoms with Crippen LogP contribution in [0.5, 0.6) is 0 Å². The largest absolute Gasteiger partial charge is 0.366 e. The average Bonchev–Trinajstić information content (AvgIpc) is 2.39. The Kier molecular flexibility index (Phi) is 3.51. The highest BCUT2D eigenvalue weighted by Crippen LogP contribution is 2.10. The van der Waals surface area contributed by atoms with Gasteiger partial charge < -0.3 is 11.1 Å². The van der Waals surface area contributed by atoms with Gasteiger partial charge in [-0.05, 0) is 31.2 Å². The molecule has 1 aromatic heterocycles. The standard InChI is InChI=1S/C13H12N4O2/c1-8-6-15-7-11(16-8)13(19)17-10-4-2-9(3-5-10)12(14)18/h2-7H,1H3,(H2,14,18)(H,17,19). The maximum Gasteiger partial charge on any atom is 0.275 e. The van der Waals surface area contributed by atoms with Gasteiger partial charge in [-0.2, -0.15) is 0 Å². The van der Waals surface area contributed by atoms with Crippen LogP contribution in [0.1, 0.15) is 26.5 Å². The van der Waals surface area contributed by atoms with Gasteiger partial charge in [0.25, 0.3) is 5.91 Å². The van der Waals surface area contributed by atoms with Gasteiger partial charge in [0, 0.05) is 17.4 Å². The molecular formula is C13H12N4O2. The maximum atomic E-state index is 11.9. The van der Waals surface area contributed by atoms with Gasteiger partial charge in [-0.15, -0.1) is 0 Å². The molecule has 0 saturated heterocycles. The molecule has 0 unspecified atom stereocenters. The molecule has 6 heteroatoms. The van der Waals surface area contributed by atoms with Crippen molar-refractivity contribution < 1.29 is 9.59 Å². The van der Waals surface area contributed by atoms with E-state index in [1.54, 1.807) is 37.4 Å². The Morgan fingerprint density at radius 3 is 2.42 bits per heavy atom. The molecule has 0 spiro atoms. The van der Waals surface area contributed by atoms with Crippen LogP contribution in [-0.2, 0) is 0 Å². The number of carbonyl (C=O) groups excluding carboxylic acids is 2. The van der Waals surface area contributed by atoms with Crippen molar-refractivity contribution in [3.8, 4) is 0 Å². The molecule has 19 heavy (non-hydrogen) atoms. The Morgan fingerprint density at radius 2 is 1.84 bits per heavy atom. The fraction of sp³-hybridized carbons (Fsp3) is 0.0769. The molecule has 2 rings (SSSR count). The van der Waals surface area contributed by atoms with Crippen LogP contribution in [0, 0.1) is 6.92 Å². The Balaban J connectivity index is 2.13. The zero-order valence-corrected chi connectivity index (χ0v) is 10.3. The highest BCUT2D eigenvalue weighted by Gasteiger charge is 2.08. The summed E-state index contributed by atoms with van der Waals surface area (Å²) in [5, 5.41) is 2.66. The van der Waals surface area contributed by atoms with Crippen LogP contribution in [0.25, 0.3) is 0 Å². The third-order valence-corrected chi connectivity index (χ3v) is 2.41. The fourth-order valence-corrected chi connectivity index (χ4v) is 1.49. The quantitative estimate of drug-likeness (QED) is 0.860. The van der Waals surface area contributed by atoms with Crippen LogP contribution in [0.3, 0.4) is 0 Å². The van der Waals surface area contributed by atoms with Crippen molar-refractivity contribution in [3.63, 3.8) is 0 Å². The second-order valence-electron chi connectivity index (χ2n) is 3.94. The van der Waals surface area contributed by atoms with E-state index in [2.05, 4.69) is 15.3 Å². The molecule has 0 aliphatic carbocycles. The Labute approximate surface area is 109 Å². The molecule has 0 aliphatic rings. The van der Waals surface area contributed by atoms with E-state index < -0.39 is 5.91 Å². The van der Waals surface area contributed by atoms with Crippen LogP contribution in [-0.4, -0.2) is 21.8 Å². The van der Waals surface area contributed by atoms with Crippen LogP contribution in [0.4, 0.5) is 5.69 Å². The lowest BCUT2D eigenvalue weighted by Gasteiger charge is -2.05. The van der Waals surface area contributed by atoms with Crippen LogP contribution >= 0.6 is 0 Å². The van der Waals surface area contributed by atoms with Gasteiger partial charge in [0.05, 0.1) is 11.9 Å². The van der Waals surface area contributed by atoms with E-state index in [0.717, 1.165) is 0 Å². The minimum atomic E-state index is -0.512. The summed E-state index contributed by atoms with van der Waals surface area (Å²) in [5.41, 5.74) is 6.96. The molecule has 6 nitrogen and oxygen atoms in total. The first-order chi connectivity index (χ1) is 9.06. The Hall–Kier alpha value is -2.76. The summed E-state index contributed by atoms with van der Waals surface area (Å²) < 4.78 is 0. The van der Waals surface area contributed by atoms with Gasteiger partial charge in [0.2, 0.25) is 5.91 Å². The summed E-state index contributed by atoms with van der Waals surface area (Å²) in [6.45, 7) is 1.76. The van der Waals surface area contributed by atoms with E-state index >= 15 is 0 Å². The van der Waals surface area contributed by atoms with Crippen LogP contribution in [0.15, 0.2) is 36.7 Å². The van der Waals surface area contributed by atoms with Crippen molar-refractivity contribution in [2.24, 2.45) is 5.73 Å². The number of carbonyl (C=O) groups is 2. The number of nitrogens with two attached hydrogens (primary N) is 1.